The smallest absolute Gasteiger partial charge is 0.308 e. The predicted molar refractivity (Wildman–Crippen MR) is 60.7 cm³/mol. The molecule has 0 fully saturated rings. The molecule has 16 heavy (non-hydrogen) atoms. The van der Waals surface area contributed by atoms with E-state index in [0.717, 1.165) is 5.69 Å². The first kappa shape index (κ1) is 12.3. The number of nitrogens with one attached hydrogen (secondary N) is 1. The van der Waals surface area contributed by atoms with Crippen molar-refractivity contribution in [2.24, 2.45) is 5.92 Å². The Kier molecular flexibility index (Phi) is 4.57. The quantitative estimate of drug-likeness (QED) is 0.768. The average Bonchev–Trinajstić information content (AvgIpc) is 2.29. The van der Waals surface area contributed by atoms with Gasteiger partial charge in [-0.3, -0.25) is 4.79 Å². The lowest BCUT2D eigenvalue weighted by atomic mass is 10.1. The molecular weight excluding hydrogens is 208 g/mol. The summed E-state index contributed by atoms with van der Waals surface area (Å²) in [6, 6.07) is 3.51. The molecule has 1 aromatic rings. The van der Waals surface area contributed by atoms with Crippen molar-refractivity contribution < 1.29 is 14.6 Å². The predicted octanol–water partition coefficient (Wildman–Crippen LogP) is 1.61. The summed E-state index contributed by atoms with van der Waals surface area (Å²) in [5.41, 5.74) is 0.812. The highest BCUT2D eigenvalue weighted by Crippen LogP contribution is 2.14. The van der Waals surface area contributed by atoms with Crippen LogP contribution in [-0.2, 0) is 4.79 Å². The lowest BCUT2D eigenvalue weighted by molar-refractivity contribution is -0.141. The topological polar surface area (TPSA) is 71.5 Å². The van der Waals surface area contributed by atoms with Crippen molar-refractivity contribution in [1.82, 2.24) is 4.98 Å². The Bertz CT molecular complexity index is 355. The molecule has 0 aliphatic heterocycles. The molecule has 0 saturated carbocycles. The molecule has 0 bridgehead atoms. The van der Waals surface area contributed by atoms with Crippen molar-refractivity contribution in [1.29, 1.82) is 0 Å². The molecule has 5 heteroatoms. The molecule has 5 nitrogen and oxygen atoms in total. The van der Waals surface area contributed by atoms with E-state index in [-0.39, 0.29) is 5.92 Å². The number of carbonyl (C=O) groups is 1. The zero-order valence-electron chi connectivity index (χ0n) is 9.43. The summed E-state index contributed by atoms with van der Waals surface area (Å²) in [5, 5.41) is 11.9. The lowest BCUT2D eigenvalue weighted by Crippen LogP contribution is -2.22. The van der Waals surface area contributed by atoms with Gasteiger partial charge >= 0.3 is 5.97 Å². The second-order valence-corrected chi connectivity index (χ2v) is 3.41. The van der Waals surface area contributed by atoms with Crippen LogP contribution in [0.25, 0.3) is 0 Å². The Morgan fingerprint density at radius 1 is 1.69 bits per heavy atom. The Labute approximate surface area is 94.5 Å². The molecule has 1 heterocycles. The SMILES string of the molecule is CCC(CNc1ccnc(OC)c1)C(=O)O. The van der Waals surface area contributed by atoms with Gasteiger partial charge in [0.2, 0.25) is 5.88 Å². The van der Waals surface area contributed by atoms with Crippen LogP contribution >= 0.6 is 0 Å². The summed E-state index contributed by atoms with van der Waals surface area (Å²) in [7, 11) is 1.54. The molecule has 0 saturated heterocycles. The maximum Gasteiger partial charge on any atom is 0.308 e. The molecule has 0 aliphatic carbocycles. The highest BCUT2D eigenvalue weighted by Gasteiger charge is 2.14. The number of aliphatic carboxylic acids is 1. The minimum Gasteiger partial charge on any atom is -0.481 e. The molecule has 88 valence electrons. The van der Waals surface area contributed by atoms with Crippen LogP contribution in [0.1, 0.15) is 13.3 Å². The summed E-state index contributed by atoms with van der Waals surface area (Å²) in [6.45, 7) is 2.26. The second-order valence-electron chi connectivity index (χ2n) is 3.41. The van der Waals surface area contributed by atoms with E-state index in [1.807, 2.05) is 6.92 Å². The van der Waals surface area contributed by atoms with E-state index in [1.165, 1.54) is 7.11 Å². The highest BCUT2D eigenvalue weighted by molar-refractivity contribution is 5.70. The zero-order valence-corrected chi connectivity index (χ0v) is 9.43. The summed E-state index contributed by atoms with van der Waals surface area (Å²) >= 11 is 0. The monoisotopic (exact) mass is 224 g/mol. The lowest BCUT2D eigenvalue weighted by Gasteiger charge is -2.12. The van der Waals surface area contributed by atoms with Crippen molar-refractivity contribution in [3.05, 3.63) is 18.3 Å². The summed E-state index contributed by atoms with van der Waals surface area (Å²) in [6.07, 6.45) is 2.22. The van der Waals surface area contributed by atoms with Crippen LogP contribution in [0.5, 0.6) is 5.88 Å². The van der Waals surface area contributed by atoms with Gasteiger partial charge in [-0.2, -0.15) is 0 Å². The number of rotatable bonds is 6. The van der Waals surface area contributed by atoms with Gasteiger partial charge in [-0.25, -0.2) is 4.98 Å². The number of aromatic nitrogens is 1. The maximum absolute atomic E-state index is 10.8. The molecular formula is C11H16N2O3. The number of carboxylic acid groups (broad SMARTS) is 1. The largest absolute Gasteiger partial charge is 0.481 e. The van der Waals surface area contributed by atoms with Crippen molar-refractivity contribution in [2.75, 3.05) is 19.0 Å². The van der Waals surface area contributed by atoms with Crippen molar-refractivity contribution in [3.8, 4) is 5.88 Å². The average molecular weight is 224 g/mol. The van der Waals surface area contributed by atoms with Crippen LogP contribution in [0, 0.1) is 5.92 Å². The van der Waals surface area contributed by atoms with E-state index in [1.54, 1.807) is 18.3 Å². The maximum atomic E-state index is 10.8. The molecule has 1 atom stereocenters. The van der Waals surface area contributed by atoms with Gasteiger partial charge in [0.25, 0.3) is 0 Å². The van der Waals surface area contributed by atoms with E-state index in [9.17, 15) is 4.79 Å². The van der Waals surface area contributed by atoms with Gasteiger partial charge in [0.05, 0.1) is 13.0 Å². The standard InChI is InChI=1S/C11H16N2O3/c1-3-8(11(14)15)7-13-9-4-5-12-10(6-9)16-2/h4-6,8H,3,7H2,1-2H3,(H,12,13)(H,14,15). The minimum atomic E-state index is -0.781. The summed E-state index contributed by atoms with van der Waals surface area (Å²) < 4.78 is 4.97. The van der Waals surface area contributed by atoms with Crippen LogP contribution in [0.3, 0.4) is 0 Å². The van der Waals surface area contributed by atoms with Gasteiger partial charge in [-0.05, 0) is 12.5 Å². The Hall–Kier alpha value is -1.78. The number of hydrogen-bond donors (Lipinski definition) is 2. The van der Waals surface area contributed by atoms with E-state index in [0.29, 0.717) is 18.8 Å². The third kappa shape index (κ3) is 3.42. The van der Waals surface area contributed by atoms with E-state index in [4.69, 9.17) is 9.84 Å². The molecule has 1 rings (SSSR count). The van der Waals surface area contributed by atoms with Crippen LogP contribution in [0.15, 0.2) is 18.3 Å². The number of anilines is 1. The Morgan fingerprint density at radius 3 is 3.00 bits per heavy atom. The normalized spacial score (nSPS) is 11.9. The zero-order chi connectivity index (χ0) is 12.0. The van der Waals surface area contributed by atoms with Gasteiger partial charge in [-0.15, -0.1) is 0 Å². The Balaban J connectivity index is 2.56. The van der Waals surface area contributed by atoms with Gasteiger partial charge < -0.3 is 15.2 Å². The number of hydrogen-bond acceptors (Lipinski definition) is 4. The Morgan fingerprint density at radius 2 is 2.44 bits per heavy atom. The fraction of sp³-hybridized carbons (Fsp3) is 0.455. The number of ether oxygens (including phenoxy) is 1. The van der Waals surface area contributed by atoms with Gasteiger partial charge in [-0.1, -0.05) is 6.92 Å². The molecule has 0 amide bonds. The first-order chi connectivity index (χ1) is 7.67. The van der Waals surface area contributed by atoms with E-state index < -0.39 is 5.97 Å². The molecule has 1 unspecified atom stereocenters. The number of methoxy groups -OCH3 is 1. The third-order valence-electron chi connectivity index (χ3n) is 2.34. The first-order valence-corrected chi connectivity index (χ1v) is 5.14. The number of carboxylic acids is 1. The molecule has 0 radical (unpaired) electrons. The molecule has 0 aliphatic rings. The van der Waals surface area contributed by atoms with Crippen LogP contribution in [0.4, 0.5) is 5.69 Å². The summed E-state index contributed by atoms with van der Waals surface area (Å²) in [5.74, 6) is -0.649. The van der Waals surface area contributed by atoms with Gasteiger partial charge in [0, 0.05) is 24.5 Å². The third-order valence-corrected chi connectivity index (χ3v) is 2.34. The van der Waals surface area contributed by atoms with Crippen molar-refractivity contribution in [3.63, 3.8) is 0 Å². The first-order valence-electron chi connectivity index (χ1n) is 5.14. The molecule has 0 spiro atoms. The molecule has 1 aromatic heterocycles. The minimum absolute atomic E-state index is 0.376. The molecule has 2 N–H and O–H groups in total. The van der Waals surface area contributed by atoms with Crippen molar-refractivity contribution in [2.45, 2.75) is 13.3 Å². The van der Waals surface area contributed by atoms with Crippen LogP contribution in [-0.4, -0.2) is 29.7 Å². The fourth-order valence-corrected chi connectivity index (χ4v) is 1.28. The van der Waals surface area contributed by atoms with E-state index >= 15 is 0 Å². The number of nitrogens with zero attached hydrogens (tertiary/aromatic N) is 1. The summed E-state index contributed by atoms with van der Waals surface area (Å²) in [4.78, 5) is 14.8. The number of pyridine rings is 1. The van der Waals surface area contributed by atoms with Gasteiger partial charge in [0.15, 0.2) is 0 Å². The molecule has 0 aromatic carbocycles. The van der Waals surface area contributed by atoms with Gasteiger partial charge in [0.1, 0.15) is 0 Å². The van der Waals surface area contributed by atoms with Crippen LogP contribution < -0.4 is 10.1 Å². The fourth-order valence-electron chi connectivity index (χ4n) is 1.28. The highest BCUT2D eigenvalue weighted by atomic mass is 16.5. The second kappa shape index (κ2) is 5.95. The van der Waals surface area contributed by atoms with Crippen molar-refractivity contribution >= 4 is 11.7 Å². The van der Waals surface area contributed by atoms with Crippen LogP contribution in [0.2, 0.25) is 0 Å². The van der Waals surface area contributed by atoms with E-state index in [2.05, 4.69) is 10.3 Å².